The van der Waals surface area contributed by atoms with Crippen molar-refractivity contribution in [2.24, 2.45) is 5.92 Å². The summed E-state index contributed by atoms with van der Waals surface area (Å²) < 4.78 is 12.9. The van der Waals surface area contributed by atoms with Crippen molar-refractivity contribution in [3.63, 3.8) is 0 Å². The molecular formula is C47H56N6O7Si. The summed E-state index contributed by atoms with van der Waals surface area (Å²) in [5, 5.41) is 17.5. The van der Waals surface area contributed by atoms with E-state index >= 15 is 4.79 Å². The number of hydrogen-bond donors (Lipinski definition) is 3. The molecule has 3 fully saturated rings. The lowest BCUT2D eigenvalue weighted by atomic mass is 9.82. The molecular weight excluding hydrogens is 789 g/mol. The molecule has 1 spiro atoms. The van der Waals surface area contributed by atoms with Crippen LogP contribution in [0, 0.1) is 5.92 Å². The Morgan fingerprint density at radius 3 is 2.13 bits per heavy atom. The van der Waals surface area contributed by atoms with Crippen LogP contribution >= 0.6 is 0 Å². The molecule has 320 valence electrons. The van der Waals surface area contributed by atoms with Gasteiger partial charge in [0.2, 0.25) is 17.7 Å². The van der Waals surface area contributed by atoms with Crippen LogP contribution in [0.2, 0.25) is 18.6 Å². The highest BCUT2D eigenvalue weighted by Crippen LogP contribution is 2.60. The number of methoxy groups -OCH3 is 1. The second-order valence-electron chi connectivity index (χ2n) is 17.1. The Morgan fingerprint density at radius 2 is 1.51 bits per heavy atom. The number of aliphatic hydroxyl groups is 1. The third-order valence-electron chi connectivity index (χ3n) is 13.2. The summed E-state index contributed by atoms with van der Waals surface area (Å²) in [7, 11) is -0.968. The normalized spacial score (nSPS) is 22.9. The zero-order valence-electron chi connectivity index (χ0n) is 35.4. The Balaban J connectivity index is 1.20. The van der Waals surface area contributed by atoms with Crippen molar-refractivity contribution in [3.8, 4) is 5.75 Å². The Morgan fingerprint density at radius 1 is 0.869 bits per heavy atom. The molecule has 4 heterocycles. The van der Waals surface area contributed by atoms with E-state index in [9.17, 15) is 19.5 Å². The molecule has 4 aromatic carbocycles. The number of rotatable bonds is 13. The summed E-state index contributed by atoms with van der Waals surface area (Å²) in [6.45, 7) is 10.1. The number of anilines is 3. The highest BCUT2D eigenvalue weighted by molar-refractivity contribution is 6.91. The molecule has 13 nitrogen and oxygen atoms in total. The van der Waals surface area contributed by atoms with Gasteiger partial charge in [-0.3, -0.25) is 19.2 Å². The van der Waals surface area contributed by atoms with E-state index in [1.165, 1.54) is 0 Å². The topological polar surface area (TPSA) is 144 Å². The standard InChI is InChI=1S/C47H56N6O7Si/c1-32-45(61(3,4)38-17-15-37(59-2)16-18-38)41(27-42(55)50(24-25-54)30-33-8-6-5-7-9-33)60-47(32)39-26-36(52-23-21-49-29-44(52)57)14-19-40(39)53(46(47)58)31-34-10-12-35(13-11-34)51-22-20-48-28-43(51)56/h5-19,26,32,41,45,48-49,54H,20-25,27-31H2,1-4H3/t32-,41+,45-,47+/m1/s1. The van der Waals surface area contributed by atoms with Gasteiger partial charge >= 0.3 is 0 Å². The summed E-state index contributed by atoms with van der Waals surface area (Å²) in [6, 6.07) is 31.4. The Hall–Kier alpha value is -5.38. The highest BCUT2D eigenvalue weighted by atomic mass is 28.3. The molecule has 4 atom stereocenters. The van der Waals surface area contributed by atoms with E-state index < -0.39 is 19.8 Å². The van der Waals surface area contributed by atoms with Gasteiger partial charge < -0.3 is 44.8 Å². The molecule has 4 aliphatic rings. The van der Waals surface area contributed by atoms with Crippen molar-refractivity contribution in [1.82, 2.24) is 15.5 Å². The first kappa shape index (κ1) is 42.3. The Kier molecular flexibility index (Phi) is 12.2. The van der Waals surface area contributed by atoms with E-state index in [0.29, 0.717) is 56.2 Å². The summed E-state index contributed by atoms with van der Waals surface area (Å²) in [5.41, 5.74) is 3.04. The van der Waals surface area contributed by atoms with Gasteiger partial charge in [0.15, 0.2) is 5.60 Å². The molecule has 4 aromatic rings. The number of ether oxygens (including phenoxy) is 2. The summed E-state index contributed by atoms with van der Waals surface area (Å²) in [6.07, 6.45) is -0.638. The van der Waals surface area contributed by atoms with E-state index in [1.807, 2.05) is 84.9 Å². The number of amides is 4. The van der Waals surface area contributed by atoms with Gasteiger partial charge in [0.1, 0.15) is 5.75 Å². The number of fused-ring (bicyclic) bond motifs is 2. The molecule has 61 heavy (non-hydrogen) atoms. The third-order valence-corrected chi connectivity index (χ3v) is 17.6. The predicted molar refractivity (Wildman–Crippen MR) is 238 cm³/mol. The minimum atomic E-state index is -2.61. The number of nitrogens with one attached hydrogen (secondary N) is 2. The van der Waals surface area contributed by atoms with Crippen LogP contribution in [0.15, 0.2) is 97.1 Å². The van der Waals surface area contributed by atoms with Crippen molar-refractivity contribution in [2.75, 3.05) is 74.2 Å². The third kappa shape index (κ3) is 7.98. The van der Waals surface area contributed by atoms with Crippen LogP contribution in [0.1, 0.15) is 30.0 Å². The molecule has 3 N–H and O–H groups in total. The zero-order valence-corrected chi connectivity index (χ0v) is 36.4. The maximum absolute atomic E-state index is 15.6. The van der Waals surface area contributed by atoms with Gasteiger partial charge in [-0.25, -0.2) is 0 Å². The van der Waals surface area contributed by atoms with E-state index in [-0.39, 0.29) is 67.7 Å². The maximum Gasteiger partial charge on any atom is 0.264 e. The monoisotopic (exact) mass is 844 g/mol. The molecule has 4 aliphatic heterocycles. The molecule has 14 heteroatoms. The summed E-state index contributed by atoms with van der Waals surface area (Å²) in [5.74, 6) is -0.0638. The van der Waals surface area contributed by atoms with Gasteiger partial charge in [0, 0.05) is 62.1 Å². The smallest absolute Gasteiger partial charge is 0.264 e. The SMILES string of the molecule is COc1ccc([Si](C)(C)[C@H]2[C@H](CC(=O)N(CCO)Cc3ccccc3)O[C@@]3(C(=O)N(Cc4ccc(N5CCNCC5=O)cc4)c4ccc(N5CCNCC5=O)cc43)[C@@H]2C)cc1. The molecule has 0 unspecified atom stereocenters. The minimum absolute atomic E-state index is 0.0129. The number of aliphatic hydroxyl groups excluding tert-OH is 1. The summed E-state index contributed by atoms with van der Waals surface area (Å²) in [4.78, 5) is 63.1. The maximum atomic E-state index is 15.6. The van der Waals surface area contributed by atoms with Crippen molar-refractivity contribution >= 4 is 54.0 Å². The van der Waals surface area contributed by atoms with Gasteiger partial charge in [-0.2, -0.15) is 0 Å². The lowest BCUT2D eigenvalue weighted by Crippen LogP contribution is -2.52. The van der Waals surface area contributed by atoms with Crippen LogP contribution in [0.3, 0.4) is 0 Å². The van der Waals surface area contributed by atoms with Crippen LogP contribution in [-0.2, 0) is 42.6 Å². The van der Waals surface area contributed by atoms with Crippen LogP contribution in [0.4, 0.5) is 17.1 Å². The number of carbonyl (C=O) groups excluding carboxylic acids is 4. The molecule has 0 bridgehead atoms. The van der Waals surface area contributed by atoms with Crippen molar-refractivity contribution < 1.29 is 33.8 Å². The fourth-order valence-electron chi connectivity index (χ4n) is 10.1. The molecule has 8 rings (SSSR count). The molecule has 0 radical (unpaired) electrons. The largest absolute Gasteiger partial charge is 0.497 e. The van der Waals surface area contributed by atoms with Crippen LogP contribution in [0.25, 0.3) is 0 Å². The fourth-order valence-corrected chi connectivity index (χ4v) is 14.1. The number of benzene rings is 4. The molecule has 0 aliphatic carbocycles. The predicted octanol–water partition coefficient (Wildman–Crippen LogP) is 3.74. The Bertz CT molecular complexity index is 2260. The van der Waals surface area contributed by atoms with Crippen molar-refractivity contribution in [3.05, 3.63) is 114 Å². The first-order chi connectivity index (χ1) is 29.5. The second kappa shape index (κ2) is 17.5. The Labute approximate surface area is 358 Å². The van der Waals surface area contributed by atoms with Gasteiger partial charge in [-0.1, -0.05) is 79.8 Å². The average Bonchev–Trinajstić information content (AvgIpc) is 3.69. The molecule has 4 amide bonds. The number of nitrogens with zero attached hydrogens (tertiary/aromatic N) is 4. The number of piperazine rings is 2. The van der Waals surface area contributed by atoms with Gasteiger partial charge in [0.25, 0.3) is 5.91 Å². The van der Waals surface area contributed by atoms with Crippen LogP contribution in [0.5, 0.6) is 5.75 Å². The van der Waals surface area contributed by atoms with E-state index in [0.717, 1.165) is 27.8 Å². The average molecular weight is 845 g/mol. The highest BCUT2D eigenvalue weighted by Gasteiger charge is 2.66. The molecule has 0 saturated carbocycles. The van der Waals surface area contributed by atoms with Crippen molar-refractivity contribution in [1.29, 1.82) is 0 Å². The summed E-state index contributed by atoms with van der Waals surface area (Å²) >= 11 is 0. The quantitative estimate of drug-likeness (QED) is 0.172. The van der Waals surface area contributed by atoms with E-state index in [1.54, 1.807) is 26.7 Å². The van der Waals surface area contributed by atoms with Gasteiger partial charge in [-0.05, 0) is 59.1 Å². The van der Waals surface area contributed by atoms with Gasteiger partial charge in [0.05, 0.1) is 59.6 Å². The lowest BCUT2D eigenvalue weighted by molar-refractivity contribution is -0.150. The second-order valence-corrected chi connectivity index (χ2v) is 21.8. The van der Waals surface area contributed by atoms with E-state index in [4.69, 9.17) is 9.47 Å². The fraction of sp³-hybridized carbons (Fsp3) is 0.404. The first-order valence-electron chi connectivity index (χ1n) is 21.3. The van der Waals surface area contributed by atoms with E-state index in [2.05, 4.69) is 42.8 Å². The first-order valence-corrected chi connectivity index (χ1v) is 24.4. The minimum Gasteiger partial charge on any atom is -0.497 e. The molecule has 3 saturated heterocycles. The number of hydrogen-bond acceptors (Lipinski definition) is 9. The van der Waals surface area contributed by atoms with Gasteiger partial charge in [-0.15, -0.1) is 0 Å². The van der Waals surface area contributed by atoms with Crippen LogP contribution in [-0.4, -0.2) is 107 Å². The van der Waals surface area contributed by atoms with Crippen LogP contribution < -0.4 is 35.3 Å². The van der Waals surface area contributed by atoms with Crippen molar-refractivity contribution in [2.45, 2.75) is 56.8 Å². The molecule has 0 aromatic heterocycles. The lowest BCUT2D eigenvalue weighted by Gasteiger charge is -2.37. The zero-order chi connectivity index (χ0) is 42.9. The number of carbonyl (C=O) groups is 4.